The molecule has 1 aliphatic heterocycles. The molecular formula is C21H27F2N9. The van der Waals surface area contributed by atoms with Crippen molar-refractivity contribution in [2.24, 2.45) is 7.05 Å². The van der Waals surface area contributed by atoms with Crippen molar-refractivity contribution < 1.29 is 8.78 Å². The van der Waals surface area contributed by atoms with Crippen LogP contribution in [0.5, 0.6) is 0 Å². The van der Waals surface area contributed by atoms with E-state index in [1.165, 1.54) is 16.8 Å². The first-order chi connectivity index (χ1) is 15.0. The minimum Gasteiger partial charge on any atom is -0.365 e. The summed E-state index contributed by atoms with van der Waals surface area (Å²) in [5.74, 6) is -0.363. The van der Waals surface area contributed by atoms with Gasteiger partial charge in [0.15, 0.2) is 17.5 Å². The predicted molar refractivity (Wildman–Crippen MR) is 117 cm³/mol. The van der Waals surface area contributed by atoms with E-state index in [9.17, 15) is 8.78 Å². The maximum atomic E-state index is 14.5. The lowest BCUT2D eigenvalue weighted by Crippen LogP contribution is -2.60. The van der Waals surface area contributed by atoms with Gasteiger partial charge in [-0.15, -0.1) is 5.10 Å². The lowest BCUT2D eigenvalue weighted by molar-refractivity contribution is 0.170. The number of aryl methyl sites for hydroxylation is 1. The van der Waals surface area contributed by atoms with Gasteiger partial charge in [-0.1, -0.05) is 0 Å². The molecule has 1 saturated heterocycles. The first kappa shape index (κ1) is 22.0. The largest absolute Gasteiger partial charge is 0.365 e. The van der Waals surface area contributed by atoms with E-state index in [2.05, 4.69) is 69.1 Å². The molecule has 9 nitrogen and oxygen atoms in total. The highest BCUT2D eigenvalue weighted by molar-refractivity contribution is 5.65. The Hall–Kier alpha value is -3.21. The van der Waals surface area contributed by atoms with Crippen molar-refractivity contribution in [1.82, 2.24) is 35.5 Å². The Bertz CT molecular complexity index is 1110. The lowest BCUT2D eigenvalue weighted by atomic mass is 9.79. The number of benzene rings is 1. The molecule has 11 heteroatoms. The quantitative estimate of drug-likeness (QED) is 0.551. The van der Waals surface area contributed by atoms with Gasteiger partial charge in [0.05, 0.1) is 6.20 Å². The average molecular weight is 444 g/mol. The topological polar surface area (TPSA) is 105 Å². The summed E-state index contributed by atoms with van der Waals surface area (Å²) in [6.45, 7) is 8.50. The van der Waals surface area contributed by atoms with E-state index in [0.29, 0.717) is 17.1 Å². The van der Waals surface area contributed by atoms with Crippen molar-refractivity contribution in [3.05, 3.63) is 36.0 Å². The highest BCUT2D eigenvalue weighted by Crippen LogP contribution is 2.31. The van der Waals surface area contributed by atoms with Gasteiger partial charge in [-0.05, 0) is 69.2 Å². The Morgan fingerprint density at radius 2 is 1.81 bits per heavy atom. The second kappa shape index (κ2) is 8.05. The maximum absolute atomic E-state index is 14.5. The molecule has 0 atom stereocenters. The number of aromatic nitrogens is 6. The van der Waals surface area contributed by atoms with E-state index in [4.69, 9.17) is 0 Å². The van der Waals surface area contributed by atoms with Gasteiger partial charge in [-0.25, -0.2) is 18.4 Å². The predicted octanol–water partition coefficient (Wildman–Crippen LogP) is 3.41. The molecule has 0 bridgehead atoms. The van der Waals surface area contributed by atoms with Crippen LogP contribution in [0.4, 0.5) is 26.2 Å². The van der Waals surface area contributed by atoms with Crippen LogP contribution >= 0.6 is 0 Å². The number of anilines is 3. The Morgan fingerprint density at radius 3 is 2.47 bits per heavy atom. The maximum Gasteiger partial charge on any atom is 0.229 e. The van der Waals surface area contributed by atoms with Crippen molar-refractivity contribution in [3.8, 4) is 11.4 Å². The molecule has 3 heterocycles. The highest BCUT2D eigenvalue weighted by atomic mass is 19.1. The first-order valence-corrected chi connectivity index (χ1v) is 10.4. The van der Waals surface area contributed by atoms with Crippen molar-refractivity contribution in [2.75, 3.05) is 10.6 Å². The molecule has 2 aromatic heterocycles. The summed E-state index contributed by atoms with van der Waals surface area (Å²) in [5.41, 5.74) is 0.678. The van der Waals surface area contributed by atoms with Crippen LogP contribution in [0.1, 0.15) is 40.5 Å². The number of halogens is 2. The van der Waals surface area contributed by atoms with E-state index < -0.39 is 11.6 Å². The molecule has 1 fully saturated rings. The van der Waals surface area contributed by atoms with Gasteiger partial charge in [0.25, 0.3) is 0 Å². The standard InChI is InChI=1S/C21H27F2N9/c1-20(2)9-15(10-21(3,4)29-20)25-17-16(23)11-24-19(27-17)26-14-7-12(6-13(22)8-14)18-28-30-31-32(18)5/h6-8,11,15,29H,9-10H2,1-5H3,(H2,24,25,26,27). The molecule has 4 rings (SSSR count). The molecule has 0 radical (unpaired) electrons. The van der Waals surface area contributed by atoms with Crippen LogP contribution in [0, 0.1) is 11.6 Å². The summed E-state index contributed by atoms with van der Waals surface area (Å²) in [6, 6.07) is 4.33. The van der Waals surface area contributed by atoms with E-state index in [-0.39, 0.29) is 28.9 Å². The Labute approximate surface area is 185 Å². The molecule has 0 aliphatic carbocycles. The molecule has 0 spiro atoms. The van der Waals surface area contributed by atoms with Crippen molar-refractivity contribution in [3.63, 3.8) is 0 Å². The van der Waals surface area contributed by atoms with Crippen LogP contribution in [0.15, 0.2) is 24.4 Å². The van der Waals surface area contributed by atoms with Crippen molar-refractivity contribution >= 4 is 17.5 Å². The zero-order valence-electron chi connectivity index (χ0n) is 18.7. The third kappa shape index (κ3) is 4.98. The van der Waals surface area contributed by atoms with Crippen molar-refractivity contribution in [2.45, 2.75) is 57.7 Å². The first-order valence-electron chi connectivity index (χ1n) is 10.4. The second-order valence-corrected chi connectivity index (χ2v) is 9.51. The third-order valence-corrected chi connectivity index (χ3v) is 5.31. The summed E-state index contributed by atoms with van der Waals surface area (Å²) in [7, 11) is 1.66. The average Bonchev–Trinajstić information content (AvgIpc) is 3.07. The fourth-order valence-electron chi connectivity index (χ4n) is 4.54. The summed E-state index contributed by atoms with van der Waals surface area (Å²) < 4.78 is 30.1. The van der Waals surface area contributed by atoms with Crippen LogP contribution in [-0.2, 0) is 7.05 Å². The molecule has 32 heavy (non-hydrogen) atoms. The van der Waals surface area contributed by atoms with Gasteiger partial charge in [0.1, 0.15) is 5.82 Å². The number of piperidine rings is 1. The fourth-order valence-corrected chi connectivity index (χ4v) is 4.54. The van der Waals surface area contributed by atoms with E-state index in [1.54, 1.807) is 13.1 Å². The van der Waals surface area contributed by atoms with Gasteiger partial charge in [-0.3, -0.25) is 0 Å². The number of nitrogens with zero attached hydrogens (tertiary/aromatic N) is 6. The van der Waals surface area contributed by atoms with E-state index in [0.717, 1.165) is 19.0 Å². The van der Waals surface area contributed by atoms with Crippen molar-refractivity contribution in [1.29, 1.82) is 0 Å². The smallest absolute Gasteiger partial charge is 0.229 e. The zero-order valence-corrected chi connectivity index (χ0v) is 18.7. The molecule has 1 aromatic carbocycles. The minimum absolute atomic E-state index is 0.0303. The molecule has 1 aliphatic rings. The highest BCUT2D eigenvalue weighted by Gasteiger charge is 2.38. The molecule has 3 N–H and O–H groups in total. The molecule has 3 aromatic rings. The van der Waals surface area contributed by atoms with Gasteiger partial charge < -0.3 is 16.0 Å². The molecule has 0 amide bonds. The number of rotatable bonds is 5. The number of nitrogens with one attached hydrogen (secondary N) is 3. The van der Waals surface area contributed by atoms with Crippen LogP contribution in [-0.4, -0.2) is 47.3 Å². The summed E-state index contributed by atoms with van der Waals surface area (Å²) in [4.78, 5) is 8.31. The Kier molecular flexibility index (Phi) is 5.53. The lowest BCUT2D eigenvalue weighted by Gasteiger charge is -2.46. The number of hydrogen-bond acceptors (Lipinski definition) is 8. The Balaban J connectivity index is 1.56. The van der Waals surface area contributed by atoms with E-state index in [1.807, 2.05) is 0 Å². The SMILES string of the molecule is Cn1nnnc1-c1cc(F)cc(Nc2ncc(F)c(NC3CC(C)(C)NC(C)(C)C3)n2)c1. The number of hydrogen-bond donors (Lipinski definition) is 3. The van der Waals surface area contributed by atoms with Crippen LogP contribution < -0.4 is 16.0 Å². The summed E-state index contributed by atoms with van der Waals surface area (Å²) in [6.07, 6.45) is 2.71. The van der Waals surface area contributed by atoms with Gasteiger partial charge >= 0.3 is 0 Å². The number of tetrazole rings is 1. The van der Waals surface area contributed by atoms with Gasteiger partial charge in [0.2, 0.25) is 5.95 Å². The summed E-state index contributed by atoms with van der Waals surface area (Å²) >= 11 is 0. The van der Waals surface area contributed by atoms with Crippen LogP contribution in [0.3, 0.4) is 0 Å². The Morgan fingerprint density at radius 1 is 1.09 bits per heavy atom. The van der Waals surface area contributed by atoms with Gasteiger partial charge in [0, 0.05) is 35.4 Å². The normalized spacial score (nSPS) is 17.8. The van der Waals surface area contributed by atoms with Crippen LogP contribution in [0.2, 0.25) is 0 Å². The molecule has 0 saturated carbocycles. The molecular weight excluding hydrogens is 416 g/mol. The second-order valence-electron chi connectivity index (χ2n) is 9.51. The van der Waals surface area contributed by atoms with E-state index >= 15 is 0 Å². The fraction of sp³-hybridized carbons (Fsp3) is 0.476. The monoisotopic (exact) mass is 443 g/mol. The molecule has 170 valence electrons. The third-order valence-electron chi connectivity index (χ3n) is 5.31. The minimum atomic E-state index is -0.546. The van der Waals surface area contributed by atoms with Crippen LogP contribution in [0.25, 0.3) is 11.4 Å². The molecule has 0 unspecified atom stereocenters. The zero-order chi connectivity index (χ0) is 23.1. The summed E-state index contributed by atoms with van der Waals surface area (Å²) in [5, 5.41) is 21.0. The van der Waals surface area contributed by atoms with Gasteiger partial charge in [-0.2, -0.15) is 4.98 Å².